The molecule has 0 unspecified atom stereocenters. The molecular weight excluding hydrogens is 265 g/mol. The lowest BCUT2D eigenvalue weighted by Crippen LogP contribution is -2.18. The zero-order chi connectivity index (χ0) is 13.7. The van der Waals surface area contributed by atoms with Gasteiger partial charge in [0.2, 0.25) is 0 Å². The molecule has 0 saturated heterocycles. The quantitative estimate of drug-likeness (QED) is 0.841. The first-order chi connectivity index (χ1) is 9.15. The SMILES string of the molecule is NC(=S)Nc1ccc(OCc2cccnc2)c(F)c1. The summed E-state index contributed by atoms with van der Waals surface area (Å²) in [5.74, 6) is -0.317. The summed E-state index contributed by atoms with van der Waals surface area (Å²) in [7, 11) is 0. The maximum atomic E-state index is 13.7. The molecule has 19 heavy (non-hydrogen) atoms. The summed E-state index contributed by atoms with van der Waals surface area (Å²) in [5.41, 5.74) is 6.66. The third-order valence-corrected chi connectivity index (χ3v) is 2.42. The highest BCUT2D eigenvalue weighted by Crippen LogP contribution is 2.22. The molecule has 6 heteroatoms. The van der Waals surface area contributed by atoms with Crippen molar-refractivity contribution in [2.75, 3.05) is 5.32 Å². The van der Waals surface area contributed by atoms with Gasteiger partial charge >= 0.3 is 0 Å². The molecule has 0 fully saturated rings. The third-order valence-electron chi connectivity index (χ3n) is 2.32. The topological polar surface area (TPSA) is 60.2 Å². The summed E-state index contributed by atoms with van der Waals surface area (Å²) in [6.45, 7) is 0.257. The largest absolute Gasteiger partial charge is 0.486 e. The van der Waals surface area contributed by atoms with E-state index in [1.807, 2.05) is 6.07 Å². The Morgan fingerprint density at radius 2 is 2.26 bits per heavy atom. The lowest BCUT2D eigenvalue weighted by atomic mass is 10.3. The molecule has 0 spiro atoms. The average Bonchev–Trinajstić information content (AvgIpc) is 2.38. The summed E-state index contributed by atoms with van der Waals surface area (Å²) < 4.78 is 19.1. The van der Waals surface area contributed by atoms with Gasteiger partial charge in [0.25, 0.3) is 0 Å². The molecular formula is C13H12FN3OS. The number of ether oxygens (including phenoxy) is 1. The van der Waals surface area contributed by atoms with Gasteiger partial charge in [0, 0.05) is 29.7 Å². The number of hydrogen-bond donors (Lipinski definition) is 2. The van der Waals surface area contributed by atoms with Crippen LogP contribution in [0.15, 0.2) is 42.7 Å². The van der Waals surface area contributed by atoms with Gasteiger partial charge in [0.1, 0.15) is 6.61 Å². The van der Waals surface area contributed by atoms with Gasteiger partial charge in [-0.1, -0.05) is 6.07 Å². The highest BCUT2D eigenvalue weighted by atomic mass is 32.1. The zero-order valence-corrected chi connectivity index (χ0v) is 10.8. The Kier molecular flexibility index (Phi) is 4.25. The van der Waals surface area contributed by atoms with Crippen molar-refractivity contribution in [1.82, 2.24) is 4.98 Å². The second kappa shape index (κ2) is 6.10. The molecule has 1 aromatic heterocycles. The summed E-state index contributed by atoms with van der Waals surface area (Å²) in [6, 6.07) is 8.09. The van der Waals surface area contributed by atoms with Crippen LogP contribution in [0.4, 0.5) is 10.1 Å². The van der Waals surface area contributed by atoms with Gasteiger partial charge in [0.15, 0.2) is 16.7 Å². The van der Waals surface area contributed by atoms with Crippen LogP contribution in [-0.2, 0) is 6.61 Å². The van der Waals surface area contributed by atoms with Crippen molar-refractivity contribution in [3.63, 3.8) is 0 Å². The highest BCUT2D eigenvalue weighted by Gasteiger charge is 2.05. The fourth-order valence-electron chi connectivity index (χ4n) is 1.48. The normalized spacial score (nSPS) is 9.95. The maximum Gasteiger partial charge on any atom is 0.168 e. The van der Waals surface area contributed by atoms with Gasteiger partial charge in [0.05, 0.1) is 0 Å². The van der Waals surface area contributed by atoms with E-state index < -0.39 is 5.82 Å². The van der Waals surface area contributed by atoms with E-state index in [4.69, 9.17) is 10.5 Å². The Morgan fingerprint density at radius 1 is 1.42 bits per heavy atom. The van der Waals surface area contributed by atoms with E-state index in [-0.39, 0.29) is 17.5 Å². The second-order valence-corrected chi connectivity index (χ2v) is 4.22. The number of aromatic nitrogens is 1. The predicted molar refractivity (Wildman–Crippen MR) is 75.4 cm³/mol. The summed E-state index contributed by atoms with van der Waals surface area (Å²) in [5, 5.41) is 2.74. The predicted octanol–water partition coefficient (Wildman–Crippen LogP) is 2.46. The minimum Gasteiger partial charge on any atom is -0.486 e. The highest BCUT2D eigenvalue weighted by molar-refractivity contribution is 7.80. The first-order valence-corrected chi connectivity index (χ1v) is 5.93. The van der Waals surface area contributed by atoms with E-state index in [1.54, 1.807) is 24.5 Å². The van der Waals surface area contributed by atoms with Crippen LogP contribution >= 0.6 is 12.2 Å². The molecule has 2 rings (SSSR count). The monoisotopic (exact) mass is 277 g/mol. The second-order valence-electron chi connectivity index (χ2n) is 3.78. The van der Waals surface area contributed by atoms with E-state index in [9.17, 15) is 4.39 Å². The first-order valence-electron chi connectivity index (χ1n) is 5.53. The number of nitrogens with two attached hydrogens (primary N) is 1. The Morgan fingerprint density at radius 3 is 2.89 bits per heavy atom. The number of anilines is 1. The van der Waals surface area contributed by atoms with Crippen molar-refractivity contribution >= 4 is 23.0 Å². The van der Waals surface area contributed by atoms with Crippen LogP contribution in [0.2, 0.25) is 0 Å². The average molecular weight is 277 g/mol. The number of nitrogens with zero attached hydrogens (tertiary/aromatic N) is 1. The summed E-state index contributed by atoms with van der Waals surface area (Å²) >= 11 is 4.67. The van der Waals surface area contributed by atoms with Gasteiger partial charge in [-0.2, -0.15) is 0 Å². The molecule has 0 saturated carbocycles. The molecule has 2 aromatic rings. The lowest BCUT2D eigenvalue weighted by molar-refractivity contribution is 0.290. The van der Waals surface area contributed by atoms with E-state index in [2.05, 4.69) is 22.5 Å². The van der Waals surface area contributed by atoms with Crippen LogP contribution in [0, 0.1) is 5.82 Å². The van der Waals surface area contributed by atoms with Crippen molar-refractivity contribution in [2.45, 2.75) is 6.61 Å². The smallest absolute Gasteiger partial charge is 0.168 e. The van der Waals surface area contributed by atoms with Crippen molar-refractivity contribution in [1.29, 1.82) is 0 Å². The van der Waals surface area contributed by atoms with Crippen LogP contribution in [0.3, 0.4) is 0 Å². The fourth-order valence-corrected chi connectivity index (χ4v) is 1.60. The number of hydrogen-bond acceptors (Lipinski definition) is 3. The van der Waals surface area contributed by atoms with Crippen molar-refractivity contribution in [3.8, 4) is 5.75 Å². The fraction of sp³-hybridized carbons (Fsp3) is 0.0769. The molecule has 0 atom stereocenters. The molecule has 0 bridgehead atoms. The zero-order valence-electron chi connectivity index (χ0n) is 9.97. The number of halogens is 1. The van der Waals surface area contributed by atoms with E-state index in [0.717, 1.165) is 5.56 Å². The molecule has 1 aromatic carbocycles. The van der Waals surface area contributed by atoms with Crippen LogP contribution in [0.1, 0.15) is 5.56 Å². The van der Waals surface area contributed by atoms with E-state index in [1.165, 1.54) is 12.1 Å². The van der Waals surface area contributed by atoms with Gasteiger partial charge in [-0.15, -0.1) is 0 Å². The molecule has 0 aliphatic carbocycles. The Labute approximate surface area is 115 Å². The Balaban J connectivity index is 2.03. The number of pyridine rings is 1. The van der Waals surface area contributed by atoms with Gasteiger partial charge < -0.3 is 15.8 Å². The minimum atomic E-state index is -0.481. The van der Waals surface area contributed by atoms with E-state index >= 15 is 0 Å². The number of benzene rings is 1. The lowest BCUT2D eigenvalue weighted by Gasteiger charge is -2.09. The maximum absolute atomic E-state index is 13.7. The van der Waals surface area contributed by atoms with Crippen molar-refractivity contribution in [3.05, 3.63) is 54.1 Å². The van der Waals surface area contributed by atoms with Crippen LogP contribution in [0.5, 0.6) is 5.75 Å². The number of nitrogens with one attached hydrogen (secondary N) is 1. The molecule has 4 nitrogen and oxygen atoms in total. The number of rotatable bonds is 4. The minimum absolute atomic E-state index is 0.0865. The molecule has 98 valence electrons. The molecule has 0 aliphatic rings. The van der Waals surface area contributed by atoms with Crippen molar-refractivity contribution < 1.29 is 9.13 Å². The number of thiocarbonyl (C=S) groups is 1. The van der Waals surface area contributed by atoms with Gasteiger partial charge in [-0.3, -0.25) is 4.98 Å². The summed E-state index contributed by atoms with van der Waals surface area (Å²) in [4.78, 5) is 3.95. The van der Waals surface area contributed by atoms with Gasteiger partial charge in [-0.05, 0) is 30.4 Å². The Hall–Kier alpha value is -2.21. The molecule has 0 radical (unpaired) electrons. The molecule has 0 amide bonds. The molecule has 0 aliphatic heterocycles. The third kappa shape index (κ3) is 3.89. The van der Waals surface area contributed by atoms with Crippen LogP contribution in [0.25, 0.3) is 0 Å². The first kappa shape index (κ1) is 13.2. The molecule has 1 heterocycles. The standard InChI is InChI=1S/C13H12FN3OS/c14-11-6-10(17-13(15)19)3-4-12(11)18-8-9-2-1-5-16-7-9/h1-7H,8H2,(H3,15,17,19). The van der Waals surface area contributed by atoms with E-state index in [0.29, 0.717) is 5.69 Å². The van der Waals surface area contributed by atoms with Gasteiger partial charge in [-0.25, -0.2) is 4.39 Å². The Bertz CT molecular complexity index is 577. The van der Waals surface area contributed by atoms with Crippen LogP contribution < -0.4 is 15.8 Å². The summed E-state index contributed by atoms with van der Waals surface area (Å²) in [6.07, 6.45) is 3.33. The van der Waals surface area contributed by atoms with Crippen LogP contribution in [-0.4, -0.2) is 10.1 Å². The van der Waals surface area contributed by atoms with Crippen molar-refractivity contribution in [2.24, 2.45) is 5.73 Å². The molecule has 3 N–H and O–H groups in total.